The average molecular weight is 179 g/mol. The molecule has 0 aromatic heterocycles. The summed E-state index contributed by atoms with van der Waals surface area (Å²) in [6.07, 6.45) is 0.700. The highest BCUT2D eigenvalue weighted by atomic mass is 35.5. The Morgan fingerprint density at radius 3 is 2.45 bits per heavy atom. The quantitative estimate of drug-likeness (QED) is 0.482. The maximum Gasteiger partial charge on any atom is 0.305 e. The molecular formula is C7H11ClO3. The van der Waals surface area contributed by atoms with Gasteiger partial charge in [0, 0.05) is 12.3 Å². The van der Waals surface area contributed by atoms with E-state index in [2.05, 4.69) is 4.74 Å². The second-order valence-electron chi connectivity index (χ2n) is 2.32. The van der Waals surface area contributed by atoms with Crippen LogP contribution in [0.4, 0.5) is 0 Å². The molecule has 0 aliphatic heterocycles. The van der Waals surface area contributed by atoms with Crippen LogP contribution in [0, 0.1) is 5.92 Å². The van der Waals surface area contributed by atoms with Crippen LogP contribution in [-0.2, 0) is 14.3 Å². The van der Waals surface area contributed by atoms with E-state index in [0.29, 0.717) is 6.42 Å². The molecule has 0 bridgehead atoms. The van der Waals surface area contributed by atoms with Crippen molar-refractivity contribution in [2.24, 2.45) is 5.92 Å². The predicted octanol–water partition coefficient (Wildman–Crippen LogP) is 1.34. The molecule has 0 radical (unpaired) electrons. The summed E-state index contributed by atoms with van der Waals surface area (Å²) in [4.78, 5) is 21.0. The number of halogens is 1. The zero-order valence-corrected chi connectivity index (χ0v) is 7.35. The summed E-state index contributed by atoms with van der Waals surface area (Å²) in [5.74, 6) is -0.578. The lowest BCUT2D eigenvalue weighted by molar-refractivity contribution is -0.140. The van der Waals surface area contributed by atoms with Crippen LogP contribution in [0.5, 0.6) is 0 Å². The van der Waals surface area contributed by atoms with Gasteiger partial charge in [-0.05, 0) is 18.0 Å². The van der Waals surface area contributed by atoms with Gasteiger partial charge in [-0.3, -0.25) is 9.59 Å². The van der Waals surface area contributed by atoms with Gasteiger partial charge < -0.3 is 4.74 Å². The fourth-order valence-electron chi connectivity index (χ4n) is 0.550. The Bertz CT molecular complexity index is 156. The minimum absolute atomic E-state index is 0.246. The number of carbonyl (C=O) groups is 2. The molecule has 0 rings (SSSR count). The van der Waals surface area contributed by atoms with Gasteiger partial charge in [0.05, 0.1) is 7.11 Å². The monoisotopic (exact) mass is 178 g/mol. The van der Waals surface area contributed by atoms with Crippen LogP contribution in [-0.4, -0.2) is 18.3 Å². The highest BCUT2D eigenvalue weighted by Gasteiger charge is 2.11. The Balaban J connectivity index is 3.54. The highest BCUT2D eigenvalue weighted by Crippen LogP contribution is 2.09. The van der Waals surface area contributed by atoms with Gasteiger partial charge in [-0.25, -0.2) is 0 Å². The molecule has 4 heteroatoms. The second-order valence-corrected chi connectivity index (χ2v) is 2.69. The van der Waals surface area contributed by atoms with Crippen LogP contribution < -0.4 is 0 Å². The molecule has 0 heterocycles. The molecule has 0 amide bonds. The van der Waals surface area contributed by atoms with Gasteiger partial charge in [-0.1, -0.05) is 6.92 Å². The van der Waals surface area contributed by atoms with E-state index in [1.807, 2.05) is 0 Å². The molecule has 0 aliphatic rings. The number of hydrogen-bond donors (Lipinski definition) is 0. The lowest BCUT2D eigenvalue weighted by Gasteiger charge is -2.03. The fourth-order valence-corrected chi connectivity index (χ4v) is 0.659. The van der Waals surface area contributed by atoms with Crippen molar-refractivity contribution in [1.82, 2.24) is 0 Å². The molecule has 0 aromatic carbocycles. The first-order valence-electron chi connectivity index (χ1n) is 3.34. The third kappa shape index (κ3) is 4.79. The van der Waals surface area contributed by atoms with E-state index in [4.69, 9.17) is 11.6 Å². The smallest absolute Gasteiger partial charge is 0.305 e. The number of ether oxygens (including phenoxy) is 1. The van der Waals surface area contributed by atoms with E-state index in [1.54, 1.807) is 6.92 Å². The van der Waals surface area contributed by atoms with Gasteiger partial charge in [0.15, 0.2) is 0 Å². The SMILES string of the molecule is COC(=O)CC[C@H](C)C(=O)Cl. The van der Waals surface area contributed by atoms with Crippen molar-refractivity contribution in [3.8, 4) is 0 Å². The summed E-state index contributed by atoms with van der Waals surface area (Å²) in [5.41, 5.74) is 0. The Kier molecular flexibility index (Phi) is 4.86. The van der Waals surface area contributed by atoms with Crippen LogP contribution in [0.15, 0.2) is 0 Å². The highest BCUT2D eigenvalue weighted by molar-refractivity contribution is 6.63. The number of carbonyl (C=O) groups excluding carboxylic acids is 2. The van der Waals surface area contributed by atoms with Crippen molar-refractivity contribution in [3.63, 3.8) is 0 Å². The number of hydrogen-bond acceptors (Lipinski definition) is 3. The first-order valence-corrected chi connectivity index (χ1v) is 3.72. The van der Waals surface area contributed by atoms with Crippen molar-refractivity contribution in [2.75, 3.05) is 7.11 Å². The van der Waals surface area contributed by atoms with Gasteiger partial charge in [0.1, 0.15) is 0 Å². The van der Waals surface area contributed by atoms with E-state index >= 15 is 0 Å². The standard InChI is InChI=1S/C7H11ClO3/c1-5(7(8)10)3-4-6(9)11-2/h5H,3-4H2,1-2H3/t5-/m0/s1. The van der Waals surface area contributed by atoms with Crippen LogP contribution in [0.1, 0.15) is 19.8 Å². The number of rotatable bonds is 4. The molecule has 11 heavy (non-hydrogen) atoms. The molecule has 0 fully saturated rings. The fraction of sp³-hybridized carbons (Fsp3) is 0.714. The van der Waals surface area contributed by atoms with Crippen LogP contribution in [0.25, 0.3) is 0 Å². The Labute approximate surface area is 70.7 Å². The van der Waals surface area contributed by atoms with E-state index in [9.17, 15) is 9.59 Å². The molecule has 0 aliphatic carbocycles. The summed E-state index contributed by atoms with van der Waals surface area (Å²) in [6, 6.07) is 0. The number of methoxy groups -OCH3 is 1. The van der Waals surface area contributed by atoms with Gasteiger partial charge in [0.25, 0.3) is 0 Å². The van der Waals surface area contributed by atoms with Crippen molar-refractivity contribution >= 4 is 22.8 Å². The normalized spacial score (nSPS) is 12.3. The third-order valence-corrected chi connectivity index (χ3v) is 1.77. The molecular weight excluding hydrogens is 168 g/mol. The van der Waals surface area contributed by atoms with Crippen molar-refractivity contribution in [1.29, 1.82) is 0 Å². The number of esters is 1. The minimum Gasteiger partial charge on any atom is -0.469 e. The summed E-state index contributed by atoms with van der Waals surface area (Å²) < 4.78 is 4.39. The Hall–Kier alpha value is -0.570. The lowest BCUT2D eigenvalue weighted by atomic mass is 10.1. The van der Waals surface area contributed by atoms with E-state index in [1.165, 1.54) is 7.11 Å². The molecule has 0 N–H and O–H groups in total. The van der Waals surface area contributed by atoms with Crippen molar-refractivity contribution < 1.29 is 14.3 Å². The third-order valence-electron chi connectivity index (χ3n) is 1.40. The molecule has 0 aromatic rings. The zero-order valence-electron chi connectivity index (χ0n) is 6.59. The van der Waals surface area contributed by atoms with Gasteiger partial charge in [0.2, 0.25) is 5.24 Å². The lowest BCUT2D eigenvalue weighted by Crippen LogP contribution is -2.08. The van der Waals surface area contributed by atoms with Crippen LogP contribution in [0.3, 0.4) is 0 Å². The Morgan fingerprint density at radius 1 is 1.55 bits per heavy atom. The first kappa shape index (κ1) is 10.4. The molecule has 0 saturated heterocycles. The maximum absolute atomic E-state index is 10.6. The minimum atomic E-state index is -0.408. The van der Waals surface area contributed by atoms with Gasteiger partial charge in [-0.2, -0.15) is 0 Å². The van der Waals surface area contributed by atoms with Crippen molar-refractivity contribution in [2.45, 2.75) is 19.8 Å². The molecule has 64 valence electrons. The van der Waals surface area contributed by atoms with E-state index in [0.717, 1.165) is 0 Å². The van der Waals surface area contributed by atoms with Crippen molar-refractivity contribution in [3.05, 3.63) is 0 Å². The van der Waals surface area contributed by atoms with Crippen LogP contribution in [0.2, 0.25) is 0 Å². The first-order chi connectivity index (χ1) is 5.07. The summed E-state index contributed by atoms with van der Waals surface area (Å²) in [5, 5.41) is -0.408. The van der Waals surface area contributed by atoms with Gasteiger partial charge in [-0.15, -0.1) is 0 Å². The van der Waals surface area contributed by atoms with Crippen LogP contribution >= 0.6 is 11.6 Å². The predicted molar refractivity (Wildman–Crippen MR) is 41.3 cm³/mol. The second kappa shape index (κ2) is 5.13. The maximum atomic E-state index is 10.6. The van der Waals surface area contributed by atoms with E-state index in [-0.39, 0.29) is 18.3 Å². The largest absolute Gasteiger partial charge is 0.469 e. The van der Waals surface area contributed by atoms with Gasteiger partial charge >= 0.3 is 5.97 Å². The topological polar surface area (TPSA) is 43.4 Å². The summed E-state index contributed by atoms with van der Waals surface area (Å²) in [7, 11) is 1.31. The molecule has 1 atom stereocenters. The zero-order chi connectivity index (χ0) is 8.85. The molecule has 0 spiro atoms. The molecule has 3 nitrogen and oxygen atoms in total. The summed E-state index contributed by atoms with van der Waals surface area (Å²) in [6.45, 7) is 1.68. The average Bonchev–Trinajstić information content (AvgIpc) is 1.99. The Morgan fingerprint density at radius 2 is 2.09 bits per heavy atom. The molecule has 0 unspecified atom stereocenters. The van der Waals surface area contributed by atoms with E-state index < -0.39 is 5.24 Å². The summed E-state index contributed by atoms with van der Waals surface area (Å²) >= 11 is 5.16. The molecule has 0 saturated carbocycles.